The van der Waals surface area contributed by atoms with Crippen molar-refractivity contribution in [3.63, 3.8) is 0 Å². The fourth-order valence-corrected chi connectivity index (χ4v) is 4.31. The first-order chi connectivity index (χ1) is 12.2. The van der Waals surface area contributed by atoms with Gasteiger partial charge < -0.3 is 9.80 Å². The summed E-state index contributed by atoms with van der Waals surface area (Å²) in [7, 11) is 0. The van der Waals surface area contributed by atoms with E-state index >= 15 is 0 Å². The maximum absolute atomic E-state index is 12.6. The standard InChI is InChI=1S/C19H32N4OS/c1-3-8-21-10-12-22(13-11-21)16(2)5-4-9-23(17-6-7-17)19(24)18-14-25-15-20-18/h14-17H,3-13H2,1-2H3. The van der Waals surface area contributed by atoms with Crippen LogP contribution in [0.25, 0.3) is 0 Å². The molecule has 0 spiro atoms. The summed E-state index contributed by atoms with van der Waals surface area (Å²) in [6, 6.07) is 1.07. The summed E-state index contributed by atoms with van der Waals surface area (Å²) in [6.45, 7) is 11.5. The first-order valence-electron chi connectivity index (χ1n) is 9.84. The lowest BCUT2D eigenvalue weighted by atomic mass is 10.1. The number of hydrogen-bond donors (Lipinski definition) is 0. The second-order valence-electron chi connectivity index (χ2n) is 7.47. The Balaban J connectivity index is 1.41. The molecule has 1 amide bonds. The molecule has 1 aliphatic heterocycles. The average molecular weight is 365 g/mol. The minimum atomic E-state index is 0.129. The monoisotopic (exact) mass is 364 g/mol. The lowest BCUT2D eigenvalue weighted by Gasteiger charge is -2.38. The van der Waals surface area contributed by atoms with Gasteiger partial charge in [-0.1, -0.05) is 6.92 Å². The summed E-state index contributed by atoms with van der Waals surface area (Å²) in [5.41, 5.74) is 2.37. The lowest BCUT2D eigenvalue weighted by molar-refractivity contribution is 0.0716. The maximum atomic E-state index is 12.6. The van der Waals surface area contributed by atoms with Crippen LogP contribution in [0.3, 0.4) is 0 Å². The molecule has 2 aliphatic rings. The van der Waals surface area contributed by atoms with Crippen molar-refractivity contribution in [2.24, 2.45) is 0 Å². The summed E-state index contributed by atoms with van der Waals surface area (Å²) in [5.74, 6) is 0.129. The minimum absolute atomic E-state index is 0.129. The van der Waals surface area contributed by atoms with Crippen molar-refractivity contribution in [2.45, 2.75) is 58.0 Å². The minimum Gasteiger partial charge on any atom is -0.334 e. The molecule has 1 aromatic heterocycles. The van der Waals surface area contributed by atoms with Gasteiger partial charge in [0.05, 0.1) is 5.51 Å². The molecule has 1 atom stereocenters. The molecule has 25 heavy (non-hydrogen) atoms. The zero-order chi connectivity index (χ0) is 17.6. The molecule has 0 bridgehead atoms. The van der Waals surface area contributed by atoms with E-state index in [1.54, 1.807) is 5.51 Å². The molecule has 1 unspecified atom stereocenters. The number of thiazole rings is 1. The number of amides is 1. The predicted octanol–water partition coefficient (Wildman–Crippen LogP) is 2.94. The molecule has 0 aromatic carbocycles. The van der Waals surface area contributed by atoms with E-state index < -0.39 is 0 Å². The fourth-order valence-electron chi connectivity index (χ4n) is 3.78. The van der Waals surface area contributed by atoms with Crippen molar-refractivity contribution in [3.8, 4) is 0 Å². The molecule has 0 radical (unpaired) electrons. The van der Waals surface area contributed by atoms with Crippen molar-refractivity contribution >= 4 is 17.2 Å². The normalized spacial score (nSPS) is 20.6. The van der Waals surface area contributed by atoms with E-state index in [1.807, 2.05) is 5.38 Å². The quantitative estimate of drug-likeness (QED) is 0.675. The molecule has 0 N–H and O–H groups in total. The highest BCUT2D eigenvalue weighted by atomic mass is 32.1. The fraction of sp³-hybridized carbons (Fsp3) is 0.789. The van der Waals surface area contributed by atoms with Gasteiger partial charge in [0.2, 0.25) is 0 Å². The number of nitrogens with zero attached hydrogens (tertiary/aromatic N) is 4. The predicted molar refractivity (Wildman–Crippen MR) is 103 cm³/mol. The third kappa shape index (κ3) is 5.25. The van der Waals surface area contributed by atoms with Crippen molar-refractivity contribution in [1.29, 1.82) is 0 Å². The molecule has 1 aromatic rings. The molecule has 5 nitrogen and oxygen atoms in total. The first kappa shape index (κ1) is 18.8. The Labute approximate surface area is 156 Å². The Bertz CT molecular complexity index is 524. The van der Waals surface area contributed by atoms with Crippen LogP contribution in [-0.4, -0.2) is 76.9 Å². The summed E-state index contributed by atoms with van der Waals surface area (Å²) in [6.07, 6.45) is 5.82. The van der Waals surface area contributed by atoms with E-state index in [0.717, 1.165) is 25.8 Å². The van der Waals surface area contributed by atoms with Crippen LogP contribution in [0.4, 0.5) is 0 Å². The highest BCUT2D eigenvalue weighted by molar-refractivity contribution is 7.07. The SMILES string of the molecule is CCCN1CCN(C(C)CCCN(C(=O)c2cscn2)C2CC2)CC1. The second kappa shape index (κ2) is 9.10. The number of carbonyl (C=O) groups excluding carboxylic acids is 1. The van der Waals surface area contributed by atoms with Crippen molar-refractivity contribution < 1.29 is 4.79 Å². The molecule has 2 heterocycles. The van der Waals surface area contributed by atoms with Gasteiger partial charge in [-0.3, -0.25) is 9.69 Å². The van der Waals surface area contributed by atoms with Gasteiger partial charge in [-0.2, -0.15) is 0 Å². The molecule has 140 valence electrons. The Morgan fingerprint density at radius 2 is 2.12 bits per heavy atom. The van der Waals surface area contributed by atoms with Gasteiger partial charge >= 0.3 is 0 Å². The van der Waals surface area contributed by atoms with Crippen LogP contribution in [0.5, 0.6) is 0 Å². The number of hydrogen-bond acceptors (Lipinski definition) is 5. The molecule has 1 saturated carbocycles. The molecule has 1 saturated heterocycles. The zero-order valence-corrected chi connectivity index (χ0v) is 16.5. The molecule has 3 rings (SSSR count). The number of aromatic nitrogens is 1. The Morgan fingerprint density at radius 1 is 1.36 bits per heavy atom. The van der Waals surface area contributed by atoms with Crippen LogP contribution < -0.4 is 0 Å². The van der Waals surface area contributed by atoms with Gasteiger partial charge in [0.25, 0.3) is 5.91 Å². The van der Waals surface area contributed by atoms with Crippen molar-refractivity contribution in [3.05, 3.63) is 16.6 Å². The number of piperazine rings is 1. The summed E-state index contributed by atoms with van der Waals surface area (Å²) < 4.78 is 0. The zero-order valence-electron chi connectivity index (χ0n) is 15.7. The van der Waals surface area contributed by atoms with E-state index in [9.17, 15) is 4.79 Å². The first-order valence-corrected chi connectivity index (χ1v) is 10.8. The van der Waals surface area contributed by atoms with Gasteiger partial charge in [-0.05, 0) is 45.6 Å². The van der Waals surface area contributed by atoms with Gasteiger partial charge in [-0.15, -0.1) is 11.3 Å². The van der Waals surface area contributed by atoms with Crippen LogP contribution in [-0.2, 0) is 0 Å². The third-order valence-corrected chi connectivity index (χ3v) is 6.08. The van der Waals surface area contributed by atoms with Crippen molar-refractivity contribution in [2.75, 3.05) is 39.3 Å². The van der Waals surface area contributed by atoms with Crippen LogP contribution >= 0.6 is 11.3 Å². The Morgan fingerprint density at radius 3 is 2.72 bits per heavy atom. The molecule has 1 aliphatic carbocycles. The summed E-state index contributed by atoms with van der Waals surface area (Å²) in [4.78, 5) is 24.1. The lowest BCUT2D eigenvalue weighted by Crippen LogP contribution is -2.49. The number of rotatable bonds is 9. The molecule has 2 fully saturated rings. The Kier molecular flexibility index (Phi) is 6.84. The number of carbonyl (C=O) groups is 1. The highest BCUT2D eigenvalue weighted by Crippen LogP contribution is 2.28. The third-order valence-electron chi connectivity index (χ3n) is 5.49. The van der Waals surface area contributed by atoms with E-state index in [4.69, 9.17) is 0 Å². The van der Waals surface area contributed by atoms with Crippen LogP contribution in [0.15, 0.2) is 10.9 Å². The smallest absolute Gasteiger partial charge is 0.273 e. The van der Waals surface area contributed by atoms with Gasteiger partial charge in [0.1, 0.15) is 5.69 Å². The van der Waals surface area contributed by atoms with Gasteiger partial charge in [-0.25, -0.2) is 4.98 Å². The maximum Gasteiger partial charge on any atom is 0.273 e. The van der Waals surface area contributed by atoms with Gasteiger partial charge in [0.15, 0.2) is 0 Å². The second-order valence-corrected chi connectivity index (χ2v) is 8.19. The van der Waals surface area contributed by atoms with E-state index in [2.05, 4.69) is 33.5 Å². The molecular weight excluding hydrogens is 332 g/mol. The highest BCUT2D eigenvalue weighted by Gasteiger charge is 2.33. The van der Waals surface area contributed by atoms with Crippen LogP contribution in [0, 0.1) is 0 Å². The summed E-state index contributed by atoms with van der Waals surface area (Å²) in [5, 5.41) is 1.87. The largest absolute Gasteiger partial charge is 0.334 e. The Hall–Kier alpha value is -0.980. The van der Waals surface area contributed by atoms with Crippen LogP contribution in [0.1, 0.15) is 56.4 Å². The molecular formula is C19H32N4OS. The molecule has 6 heteroatoms. The topological polar surface area (TPSA) is 39.7 Å². The average Bonchev–Trinajstić information content (AvgIpc) is 3.31. The summed E-state index contributed by atoms with van der Waals surface area (Å²) >= 11 is 1.50. The van der Waals surface area contributed by atoms with E-state index in [0.29, 0.717) is 17.8 Å². The van der Waals surface area contributed by atoms with E-state index in [-0.39, 0.29) is 5.91 Å². The van der Waals surface area contributed by atoms with Gasteiger partial charge in [0, 0.05) is 50.2 Å². The van der Waals surface area contributed by atoms with E-state index in [1.165, 1.54) is 56.9 Å². The van der Waals surface area contributed by atoms with Crippen LogP contribution in [0.2, 0.25) is 0 Å². The van der Waals surface area contributed by atoms with Crippen molar-refractivity contribution in [1.82, 2.24) is 19.7 Å².